The molecule has 7 heteroatoms. The summed E-state index contributed by atoms with van der Waals surface area (Å²) in [5, 5.41) is 1.51. The smallest absolute Gasteiger partial charge is 0.164 e. The molecule has 2 heterocycles. The molecule has 0 spiro atoms. The number of fused-ring (bicyclic) bond motifs is 1. The first-order valence-corrected chi connectivity index (χ1v) is 12.0. The van der Waals surface area contributed by atoms with Gasteiger partial charge in [-0.15, -0.1) is 0 Å². The zero-order valence-electron chi connectivity index (χ0n) is 15.2. The summed E-state index contributed by atoms with van der Waals surface area (Å²) in [4.78, 5) is 6.83. The first-order valence-electron chi connectivity index (χ1n) is 8.84. The highest BCUT2D eigenvalue weighted by atomic mass is 35.5. The fourth-order valence-electron chi connectivity index (χ4n) is 3.60. The minimum absolute atomic E-state index is 0.127. The topological polar surface area (TPSA) is 49.7 Å². The predicted octanol–water partition coefficient (Wildman–Crippen LogP) is 4.23. The summed E-state index contributed by atoms with van der Waals surface area (Å²) < 4.78 is 24.2. The number of hydrogen-bond donors (Lipinski definition) is 0. The minimum Gasteiger partial charge on any atom is -0.315 e. The summed E-state index contributed by atoms with van der Waals surface area (Å²) in [6.07, 6.45) is 0. The van der Waals surface area contributed by atoms with E-state index in [1.54, 1.807) is 11.8 Å². The van der Waals surface area contributed by atoms with Crippen molar-refractivity contribution < 1.29 is 8.42 Å². The van der Waals surface area contributed by atoms with Crippen molar-refractivity contribution in [3.8, 4) is 0 Å². The number of amidine groups is 1. The monoisotopic (exact) mass is 420 g/mol. The number of sulfone groups is 1. The standard InChI is InChI=1S/C20H21ClN2O2S2/c1-13-6-7-15(8-14(13)2)10-26-20-22-18-11-27(24,25)12-19(18)23(20)17-5-3-4-16(21)9-17/h3-9,18-19H,10-12H2,1-2H3/t18-,19+/m1/s1. The third-order valence-corrected chi connectivity index (χ3v) is 8.11. The number of halogens is 1. The van der Waals surface area contributed by atoms with Crippen molar-refractivity contribution in [2.75, 3.05) is 16.4 Å². The molecule has 1 fully saturated rings. The largest absolute Gasteiger partial charge is 0.315 e. The highest BCUT2D eigenvalue weighted by Gasteiger charge is 2.47. The molecular weight excluding hydrogens is 400 g/mol. The Balaban J connectivity index is 1.62. The third-order valence-electron chi connectivity index (χ3n) is 5.13. The van der Waals surface area contributed by atoms with Crippen molar-refractivity contribution in [1.29, 1.82) is 0 Å². The average Bonchev–Trinajstić information content (AvgIpc) is 3.07. The quantitative estimate of drug-likeness (QED) is 0.745. The summed E-state index contributed by atoms with van der Waals surface area (Å²) in [6.45, 7) is 4.22. The van der Waals surface area contributed by atoms with E-state index in [4.69, 9.17) is 16.6 Å². The van der Waals surface area contributed by atoms with Crippen LogP contribution in [0.15, 0.2) is 47.5 Å². The van der Waals surface area contributed by atoms with Gasteiger partial charge in [-0.1, -0.05) is 47.6 Å². The van der Waals surface area contributed by atoms with Crippen LogP contribution in [0.1, 0.15) is 16.7 Å². The Bertz CT molecular complexity index is 1020. The minimum atomic E-state index is -3.05. The van der Waals surface area contributed by atoms with Crippen molar-refractivity contribution in [2.24, 2.45) is 4.99 Å². The SMILES string of the molecule is Cc1ccc(CSC2=N[C@@H]3CS(=O)(=O)C[C@@H]3N2c2cccc(Cl)c2)cc1C. The van der Waals surface area contributed by atoms with Crippen molar-refractivity contribution in [3.63, 3.8) is 0 Å². The zero-order valence-corrected chi connectivity index (χ0v) is 17.6. The van der Waals surface area contributed by atoms with Gasteiger partial charge in [-0.3, -0.25) is 4.99 Å². The molecule has 2 atom stereocenters. The van der Waals surface area contributed by atoms with Crippen LogP contribution in [0.5, 0.6) is 0 Å². The molecule has 0 radical (unpaired) electrons. The molecule has 0 aromatic heterocycles. The normalized spacial score (nSPS) is 23.4. The van der Waals surface area contributed by atoms with E-state index in [9.17, 15) is 8.42 Å². The van der Waals surface area contributed by atoms with Gasteiger partial charge < -0.3 is 4.90 Å². The highest BCUT2D eigenvalue weighted by Crippen LogP contribution is 2.36. The van der Waals surface area contributed by atoms with Crippen molar-refractivity contribution in [2.45, 2.75) is 31.7 Å². The molecule has 1 saturated heterocycles. The maximum Gasteiger partial charge on any atom is 0.164 e. The lowest BCUT2D eigenvalue weighted by Crippen LogP contribution is -2.39. The summed E-state index contributed by atoms with van der Waals surface area (Å²) in [5.74, 6) is 1.06. The van der Waals surface area contributed by atoms with Gasteiger partial charge in [-0.05, 0) is 48.7 Å². The van der Waals surface area contributed by atoms with Gasteiger partial charge in [0.25, 0.3) is 0 Å². The number of anilines is 1. The summed E-state index contributed by atoms with van der Waals surface area (Å²) in [6, 6.07) is 13.7. The van der Waals surface area contributed by atoms with Crippen LogP contribution in [0.2, 0.25) is 5.02 Å². The summed E-state index contributed by atoms with van der Waals surface area (Å²) in [5.41, 5.74) is 4.69. The molecule has 2 aromatic carbocycles. The molecule has 0 bridgehead atoms. The van der Waals surface area contributed by atoms with E-state index in [0.717, 1.165) is 16.6 Å². The number of hydrogen-bond acceptors (Lipinski definition) is 5. The Morgan fingerprint density at radius 1 is 1.15 bits per heavy atom. The second-order valence-electron chi connectivity index (χ2n) is 7.18. The molecule has 0 N–H and O–H groups in total. The van der Waals surface area contributed by atoms with E-state index in [1.807, 2.05) is 24.3 Å². The van der Waals surface area contributed by atoms with Crippen LogP contribution >= 0.6 is 23.4 Å². The van der Waals surface area contributed by atoms with Crippen molar-refractivity contribution in [1.82, 2.24) is 0 Å². The van der Waals surface area contributed by atoms with E-state index in [1.165, 1.54) is 16.7 Å². The fraction of sp³-hybridized carbons (Fsp3) is 0.350. The number of thioether (sulfide) groups is 1. The number of aliphatic imine (C=N–C) groups is 1. The first kappa shape index (κ1) is 18.8. The van der Waals surface area contributed by atoms with Crippen LogP contribution in [0, 0.1) is 13.8 Å². The molecule has 2 aliphatic heterocycles. The Kier molecular flexibility index (Phi) is 4.99. The Hall–Kier alpha value is -1.50. The molecule has 2 aliphatic rings. The van der Waals surface area contributed by atoms with E-state index >= 15 is 0 Å². The van der Waals surface area contributed by atoms with Gasteiger partial charge in [-0.25, -0.2) is 8.42 Å². The van der Waals surface area contributed by atoms with Crippen LogP contribution in [0.3, 0.4) is 0 Å². The van der Waals surface area contributed by atoms with Gasteiger partial charge >= 0.3 is 0 Å². The lowest BCUT2D eigenvalue weighted by atomic mass is 10.1. The number of aryl methyl sites for hydroxylation is 2. The van der Waals surface area contributed by atoms with Gasteiger partial charge in [0.15, 0.2) is 15.0 Å². The molecule has 0 aliphatic carbocycles. The molecule has 0 saturated carbocycles. The average molecular weight is 421 g/mol. The predicted molar refractivity (Wildman–Crippen MR) is 115 cm³/mol. The lowest BCUT2D eigenvalue weighted by molar-refractivity contribution is 0.601. The maximum absolute atomic E-state index is 12.1. The molecule has 4 rings (SSSR count). The number of nitrogens with zero attached hydrogens (tertiary/aromatic N) is 2. The van der Waals surface area contributed by atoms with Gasteiger partial charge in [0, 0.05) is 16.5 Å². The van der Waals surface area contributed by atoms with E-state index in [0.29, 0.717) is 5.02 Å². The molecule has 27 heavy (non-hydrogen) atoms. The fourth-order valence-corrected chi connectivity index (χ4v) is 6.70. The van der Waals surface area contributed by atoms with Crippen LogP contribution < -0.4 is 4.90 Å². The third kappa shape index (κ3) is 3.89. The molecular formula is C20H21ClN2O2S2. The Morgan fingerprint density at radius 3 is 2.70 bits per heavy atom. The van der Waals surface area contributed by atoms with Gasteiger partial charge in [0.1, 0.15) is 0 Å². The van der Waals surface area contributed by atoms with Gasteiger partial charge in [0.2, 0.25) is 0 Å². The molecule has 2 aromatic rings. The lowest BCUT2D eigenvalue weighted by Gasteiger charge is -2.26. The zero-order chi connectivity index (χ0) is 19.2. The van der Waals surface area contributed by atoms with E-state index < -0.39 is 9.84 Å². The molecule has 0 amide bonds. The second kappa shape index (κ2) is 7.15. The number of benzene rings is 2. The summed E-state index contributed by atoms with van der Waals surface area (Å²) in [7, 11) is -3.05. The van der Waals surface area contributed by atoms with Gasteiger partial charge in [-0.2, -0.15) is 0 Å². The van der Waals surface area contributed by atoms with Crippen LogP contribution in [0.4, 0.5) is 5.69 Å². The number of rotatable bonds is 3. The van der Waals surface area contributed by atoms with Crippen LogP contribution in [-0.2, 0) is 15.6 Å². The molecule has 4 nitrogen and oxygen atoms in total. The van der Waals surface area contributed by atoms with Crippen LogP contribution in [-0.4, -0.2) is 37.2 Å². The first-order chi connectivity index (χ1) is 12.8. The summed E-state index contributed by atoms with van der Waals surface area (Å²) >= 11 is 7.84. The Labute approximate surface area is 169 Å². The second-order valence-corrected chi connectivity index (χ2v) is 10.7. The molecule has 0 unspecified atom stereocenters. The van der Waals surface area contributed by atoms with E-state index in [2.05, 4.69) is 36.9 Å². The highest BCUT2D eigenvalue weighted by molar-refractivity contribution is 8.13. The van der Waals surface area contributed by atoms with E-state index in [-0.39, 0.29) is 23.6 Å². The molecule has 142 valence electrons. The maximum atomic E-state index is 12.1. The van der Waals surface area contributed by atoms with Crippen molar-refractivity contribution in [3.05, 3.63) is 64.2 Å². The van der Waals surface area contributed by atoms with Gasteiger partial charge in [0.05, 0.1) is 23.6 Å². The Morgan fingerprint density at radius 2 is 1.96 bits per heavy atom. The van der Waals surface area contributed by atoms with Crippen LogP contribution in [0.25, 0.3) is 0 Å². The van der Waals surface area contributed by atoms with Crippen molar-refractivity contribution >= 4 is 44.1 Å².